The Morgan fingerprint density at radius 2 is 1.61 bits per heavy atom. The summed E-state index contributed by atoms with van der Waals surface area (Å²) in [5, 5.41) is 20.5. The van der Waals surface area contributed by atoms with Gasteiger partial charge in [0.15, 0.2) is 0 Å². The second kappa shape index (κ2) is 9.95. The summed E-state index contributed by atoms with van der Waals surface area (Å²) in [4.78, 5) is 34.4. The molecule has 0 bridgehead atoms. The molecule has 0 aromatic heterocycles. The average Bonchev–Trinajstić information content (AvgIpc) is 2.73. The Morgan fingerprint density at radius 3 is 2.24 bits per heavy atom. The molecule has 4 N–H and O–H groups in total. The number of aryl methyl sites for hydroxylation is 1. The molecule has 0 spiro atoms. The van der Waals surface area contributed by atoms with E-state index < -0.39 is 43.4 Å². The summed E-state index contributed by atoms with van der Waals surface area (Å²) in [5.41, 5.74) is 1.08. The molecule has 0 heterocycles. The summed E-state index contributed by atoms with van der Waals surface area (Å²) in [6.45, 7) is 1.58. The van der Waals surface area contributed by atoms with E-state index in [0.29, 0.717) is 14.8 Å². The molecule has 0 aliphatic rings. The number of amides is 1. The standard InChI is InChI=1S/C21H18IN3O7S/c1-13-5-6-15(20(26)23-18-4-2-3-16(12-18)22-25(29)30)11-19(13)33(31,32)24-17-9-7-14(8-10-17)21(27)28/h2-12,24H,1H3,(H,23,26)(H,27,28)(H,29,30). The molecular weight excluding hydrogens is 565 g/mol. The number of sulfonamides is 1. The second-order valence-corrected chi connectivity index (χ2v) is 10.9. The smallest absolute Gasteiger partial charge is 0.478 e. The maximum atomic E-state index is 12.9. The van der Waals surface area contributed by atoms with Gasteiger partial charge in [0.05, 0.1) is 5.56 Å². The molecule has 0 aliphatic heterocycles. The molecule has 0 unspecified atom stereocenters. The fraction of sp³-hybridized carbons (Fsp3) is 0.0476. The Labute approximate surface area is 199 Å². The fourth-order valence-corrected chi connectivity index (χ4v) is 5.48. The zero-order valence-electron chi connectivity index (χ0n) is 17.0. The Bertz CT molecular complexity index is 1340. The Kier molecular flexibility index (Phi) is 7.28. The van der Waals surface area contributed by atoms with Crippen LogP contribution in [0.1, 0.15) is 26.3 Å². The van der Waals surface area contributed by atoms with Gasteiger partial charge in [-0.3, -0.25) is 0 Å². The molecule has 3 aromatic carbocycles. The number of aromatic carboxylic acids is 1. The van der Waals surface area contributed by atoms with Crippen LogP contribution >= 0.6 is 0 Å². The van der Waals surface area contributed by atoms with Crippen molar-refractivity contribution in [2.24, 2.45) is 0 Å². The number of carboxylic acid groups (broad SMARTS) is 1. The molecule has 0 saturated carbocycles. The van der Waals surface area contributed by atoms with E-state index >= 15 is 0 Å². The predicted molar refractivity (Wildman–Crippen MR) is 114 cm³/mol. The monoisotopic (exact) mass is 583 g/mol. The van der Waals surface area contributed by atoms with Crippen LogP contribution in [0.25, 0.3) is 0 Å². The normalized spacial score (nSPS) is 11.1. The number of benzene rings is 3. The molecule has 12 heteroatoms. The van der Waals surface area contributed by atoms with Gasteiger partial charge in [-0.15, -0.1) is 0 Å². The predicted octanol–water partition coefficient (Wildman–Crippen LogP) is 0.0880. The van der Waals surface area contributed by atoms with E-state index in [-0.39, 0.29) is 24.8 Å². The molecule has 0 aliphatic carbocycles. The van der Waals surface area contributed by atoms with E-state index in [4.69, 9.17) is 10.3 Å². The van der Waals surface area contributed by atoms with Gasteiger partial charge < -0.3 is 5.11 Å². The number of hydrogen-bond donors (Lipinski definition) is 4. The van der Waals surface area contributed by atoms with Crippen LogP contribution in [-0.4, -0.2) is 33.7 Å². The summed E-state index contributed by atoms with van der Waals surface area (Å²) < 4.78 is 28.6. The fourth-order valence-electron chi connectivity index (χ4n) is 2.83. The average molecular weight is 583 g/mol. The number of halogens is 1. The molecule has 1 amide bonds. The van der Waals surface area contributed by atoms with Gasteiger partial charge in [-0.2, -0.15) is 0 Å². The first-order valence-corrected chi connectivity index (χ1v) is 12.8. The van der Waals surface area contributed by atoms with E-state index in [0.717, 1.165) is 0 Å². The first kappa shape index (κ1) is 24.1. The molecule has 3 aromatic rings. The summed E-state index contributed by atoms with van der Waals surface area (Å²) in [5.74, 6) is -1.69. The maximum absolute atomic E-state index is 12.9. The van der Waals surface area contributed by atoms with Crippen molar-refractivity contribution in [3.63, 3.8) is 0 Å². The zero-order valence-corrected chi connectivity index (χ0v) is 20.0. The van der Waals surface area contributed by atoms with Gasteiger partial charge in [-0.05, 0) is 12.1 Å². The minimum atomic E-state index is -4.07. The van der Waals surface area contributed by atoms with Crippen molar-refractivity contribution in [1.29, 1.82) is 0 Å². The van der Waals surface area contributed by atoms with Gasteiger partial charge in [0.1, 0.15) is 0 Å². The number of anilines is 2. The van der Waals surface area contributed by atoms with Crippen LogP contribution in [0.15, 0.2) is 71.6 Å². The SMILES string of the molecule is Cc1ccc(C(=O)Nc2cccc([I-][N+](=O)O)c2)cc1S(=O)(=O)Nc1ccc(C(=O)O)cc1. The Balaban J connectivity index is 1.83. The molecule has 0 radical (unpaired) electrons. The van der Waals surface area contributed by atoms with Gasteiger partial charge in [-0.25, -0.2) is 4.79 Å². The third kappa shape index (κ3) is 6.26. The minimum absolute atomic E-state index is 0.0147. The van der Waals surface area contributed by atoms with E-state index in [1.54, 1.807) is 31.2 Å². The van der Waals surface area contributed by atoms with Crippen LogP contribution in [0.5, 0.6) is 0 Å². The van der Waals surface area contributed by atoms with Gasteiger partial charge >= 0.3 is 172 Å². The number of rotatable bonds is 8. The molecular formula is C21H18IN3O7S. The summed E-state index contributed by atoms with van der Waals surface area (Å²) in [6, 6.07) is 15.9. The molecule has 0 saturated heterocycles. The van der Waals surface area contributed by atoms with Gasteiger partial charge in [0, 0.05) is 0 Å². The van der Waals surface area contributed by atoms with Crippen LogP contribution in [-0.2, 0) is 10.0 Å². The van der Waals surface area contributed by atoms with Crippen LogP contribution in [0.2, 0.25) is 0 Å². The number of carbonyl (C=O) groups excluding carboxylic acids is 1. The van der Waals surface area contributed by atoms with E-state index in [9.17, 15) is 22.9 Å². The second-order valence-electron chi connectivity index (χ2n) is 6.74. The number of carbonyl (C=O) groups is 2. The van der Waals surface area contributed by atoms with E-state index in [1.165, 1.54) is 42.5 Å². The zero-order chi connectivity index (χ0) is 24.2. The van der Waals surface area contributed by atoms with Crippen molar-refractivity contribution < 1.29 is 52.9 Å². The van der Waals surface area contributed by atoms with Crippen molar-refractivity contribution in [1.82, 2.24) is 0 Å². The van der Waals surface area contributed by atoms with Gasteiger partial charge in [-0.1, -0.05) is 0 Å². The molecule has 0 fully saturated rings. The van der Waals surface area contributed by atoms with Crippen molar-refractivity contribution in [3.8, 4) is 0 Å². The van der Waals surface area contributed by atoms with Crippen molar-refractivity contribution in [2.75, 3.05) is 10.0 Å². The van der Waals surface area contributed by atoms with Crippen LogP contribution in [0, 0.1) is 15.4 Å². The Hall–Kier alpha value is -3.52. The number of nitrogens with one attached hydrogen (secondary N) is 2. The molecule has 172 valence electrons. The molecule has 3 rings (SSSR count). The number of carboxylic acids is 1. The van der Waals surface area contributed by atoms with Crippen LogP contribution in [0.4, 0.5) is 11.4 Å². The first-order valence-electron chi connectivity index (χ1n) is 9.24. The summed E-state index contributed by atoms with van der Waals surface area (Å²) in [7, 11) is -4.07. The van der Waals surface area contributed by atoms with E-state index in [1.807, 2.05) is 0 Å². The third-order valence-corrected chi connectivity index (χ3v) is 7.54. The molecule has 33 heavy (non-hydrogen) atoms. The van der Waals surface area contributed by atoms with E-state index in [2.05, 4.69) is 10.0 Å². The first-order chi connectivity index (χ1) is 15.5. The topological polar surface area (TPSA) is 153 Å². The summed E-state index contributed by atoms with van der Waals surface area (Å²) >= 11 is -1.33. The molecule has 10 nitrogen and oxygen atoms in total. The Morgan fingerprint density at radius 1 is 0.939 bits per heavy atom. The van der Waals surface area contributed by atoms with Gasteiger partial charge in [0.2, 0.25) is 0 Å². The van der Waals surface area contributed by atoms with Crippen molar-refractivity contribution in [2.45, 2.75) is 11.8 Å². The number of nitrogens with zero attached hydrogens (tertiary/aromatic N) is 1. The van der Waals surface area contributed by atoms with Gasteiger partial charge in [0.25, 0.3) is 0 Å². The van der Waals surface area contributed by atoms with Crippen LogP contribution < -0.4 is 31.5 Å². The van der Waals surface area contributed by atoms with Crippen molar-refractivity contribution >= 4 is 33.3 Å². The van der Waals surface area contributed by atoms with Crippen LogP contribution in [0.3, 0.4) is 0 Å². The third-order valence-electron chi connectivity index (χ3n) is 4.38. The molecule has 0 atom stereocenters. The summed E-state index contributed by atoms with van der Waals surface area (Å²) in [6.07, 6.45) is 0. The van der Waals surface area contributed by atoms with Crippen molar-refractivity contribution in [3.05, 3.63) is 91.9 Å². The minimum Gasteiger partial charge on any atom is -0.478 e. The quantitative estimate of drug-likeness (QED) is 0.167. The number of hydrogen-bond acceptors (Lipinski definition) is 5.